The van der Waals surface area contributed by atoms with Crippen molar-refractivity contribution in [3.05, 3.63) is 17.0 Å². The van der Waals surface area contributed by atoms with Crippen LogP contribution in [-0.4, -0.2) is 29.2 Å². The van der Waals surface area contributed by atoms with Crippen molar-refractivity contribution in [2.45, 2.75) is 39.7 Å². The van der Waals surface area contributed by atoms with Gasteiger partial charge in [0.2, 0.25) is 0 Å². The van der Waals surface area contributed by atoms with Crippen molar-refractivity contribution in [3.8, 4) is 0 Å². The van der Waals surface area contributed by atoms with Crippen LogP contribution in [-0.2, 0) is 13.0 Å². The van der Waals surface area contributed by atoms with Gasteiger partial charge in [0.05, 0.1) is 0 Å². The van der Waals surface area contributed by atoms with E-state index >= 15 is 0 Å². The van der Waals surface area contributed by atoms with Gasteiger partial charge in [0, 0.05) is 37.3 Å². The number of fused-ring (bicyclic) bond motifs is 1. The second-order valence-electron chi connectivity index (χ2n) is 5.25. The molecule has 1 aliphatic rings. The fraction of sp³-hybridized carbons (Fsp3) is 0.692. The van der Waals surface area contributed by atoms with Crippen LogP contribution in [0, 0.1) is 5.92 Å². The van der Waals surface area contributed by atoms with E-state index < -0.39 is 0 Å². The predicted molar refractivity (Wildman–Crippen MR) is 77.7 cm³/mol. The minimum atomic E-state index is -0.0556. The van der Waals surface area contributed by atoms with Gasteiger partial charge in [-0.2, -0.15) is 5.10 Å². The molecule has 0 fully saturated rings. The number of carbonyl (C=O) groups is 1. The summed E-state index contributed by atoms with van der Waals surface area (Å²) in [5.74, 6) is 0.629. The molecule has 2 heterocycles. The lowest BCUT2D eigenvalue weighted by molar-refractivity contribution is 0.0946. The van der Waals surface area contributed by atoms with Crippen molar-refractivity contribution in [3.63, 3.8) is 0 Å². The summed E-state index contributed by atoms with van der Waals surface area (Å²) in [7, 11) is 0. The Kier molecular flexibility index (Phi) is 6.31. The highest BCUT2D eigenvalue weighted by Crippen LogP contribution is 2.15. The predicted octanol–water partition coefficient (Wildman–Crippen LogP) is 1.64. The SMILES string of the molecule is CC(C)CCCNC(=O)c1n[nH]c2c1CNCC2.Cl. The highest BCUT2D eigenvalue weighted by Gasteiger charge is 2.20. The number of carbonyl (C=O) groups excluding carboxylic acids is 1. The van der Waals surface area contributed by atoms with Crippen molar-refractivity contribution in [1.29, 1.82) is 0 Å². The topological polar surface area (TPSA) is 69.8 Å². The molecule has 108 valence electrons. The quantitative estimate of drug-likeness (QED) is 0.721. The number of halogens is 1. The highest BCUT2D eigenvalue weighted by molar-refractivity contribution is 5.94. The van der Waals surface area contributed by atoms with Crippen LogP contribution in [0.5, 0.6) is 0 Å². The average Bonchev–Trinajstić information content (AvgIpc) is 2.78. The third-order valence-electron chi connectivity index (χ3n) is 3.27. The maximum absolute atomic E-state index is 12.0. The van der Waals surface area contributed by atoms with E-state index in [1.165, 1.54) is 0 Å². The summed E-state index contributed by atoms with van der Waals surface area (Å²) in [5.41, 5.74) is 2.69. The molecule has 1 aromatic heterocycles. The normalized spacial score (nSPS) is 13.8. The summed E-state index contributed by atoms with van der Waals surface area (Å²) in [6.45, 7) is 6.80. The molecule has 1 aliphatic heterocycles. The monoisotopic (exact) mass is 286 g/mol. The van der Waals surface area contributed by atoms with Gasteiger partial charge >= 0.3 is 0 Å². The molecule has 1 amide bonds. The Morgan fingerprint density at radius 2 is 2.26 bits per heavy atom. The van der Waals surface area contributed by atoms with Crippen molar-refractivity contribution in [2.75, 3.05) is 13.1 Å². The molecule has 0 saturated heterocycles. The molecule has 0 aromatic carbocycles. The highest BCUT2D eigenvalue weighted by atomic mass is 35.5. The first kappa shape index (κ1) is 16.0. The van der Waals surface area contributed by atoms with Crippen LogP contribution in [0.1, 0.15) is 48.4 Å². The molecule has 0 radical (unpaired) electrons. The lowest BCUT2D eigenvalue weighted by atomic mass is 10.1. The summed E-state index contributed by atoms with van der Waals surface area (Å²) >= 11 is 0. The molecule has 0 bridgehead atoms. The maximum Gasteiger partial charge on any atom is 0.272 e. The first-order chi connectivity index (χ1) is 8.68. The smallest absolute Gasteiger partial charge is 0.272 e. The molecule has 5 nitrogen and oxygen atoms in total. The Morgan fingerprint density at radius 3 is 3.00 bits per heavy atom. The van der Waals surface area contributed by atoms with Gasteiger partial charge in [0.25, 0.3) is 5.91 Å². The summed E-state index contributed by atoms with van der Waals surface area (Å²) in [5, 5.41) is 13.3. The Hall–Kier alpha value is -1.07. The van der Waals surface area contributed by atoms with Crippen molar-refractivity contribution < 1.29 is 4.79 Å². The molecule has 19 heavy (non-hydrogen) atoms. The second-order valence-corrected chi connectivity index (χ2v) is 5.25. The fourth-order valence-electron chi connectivity index (χ4n) is 2.21. The number of nitrogens with zero attached hydrogens (tertiary/aromatic N) is 1. The van der Waals surface area contributed by atoms with E-state index in [1.54, 1.807) is 0 Å². The lowest BCUT2D eigenvalue weighted by Gasteiger charge is -2.13. The molecule has 3 N–H and O–H groups in total. The zero-order chi connectivity index (χ0) is 13.0. The third-order valence-corrected chi connectivity index (χ3v) is 3.27. The minimum Gasteiger partial charge on any atom is -0.351 e. The van der Waals surface area contributed by atoms with Crippen LogP contribution >= 0.6 is 12.4 Å². The zero-order valence-corrected chi connectivity index (χ0v) is 12.4. The molecule has 2 rings (SSSR count). The zero-order valence-electron chi connectivity index (χ0n) is 11.6. The molecule has 6 heteroatoms. The number of aromatic nitrogens is 2. The van der Waals surface area contributed by atoms with E-state index in [9.17, 15) is 4.79 Å². The van der Waals surface area contributed by atoms with Crippen LogP contribution in [0.15, 0.2) is 0 Å². The number of hydrogen-bond donors (Lipinski definition) is 3. The molecule has 0 unspecified atom stereocenters. The first-order valence-electron chi connectivity index (χ1n) is 6.73. The maximum atomic E-state index is 12.0. The first-order valence-corrected chi connectivity index (χ1v) is 6.73. The van der Waals surface area contributed by atoms with Gasteiger partial charge < -0.3 is 10.6 Å². The van der Waals surface area contributed by atoms with Crippen molar-refractivity contribution >= 4 is 18.3 Å². The van der Waals surface area contributed by atoms with Crippen LogP contribution in [0.3, 0.4) is 0 Å². The summed E-state index contributed by atoms with van der Waals surface area (Å²) in [6, 6.07) is 0. The van der Waals surface area contributed by atoms with Gasteiger partial charge in [-0.25, -0.2) is 0 Å². The Labute approximate surface area is 120 Å². The number of H-pyrrole nitrogens is 1. The average molecular weight is 287 g/mol. The summed E-state index contributed by atoms with van der Waals surface area (Å²) < 4.78 is 0. The van der Waals surface area contributed by atoms with Crippen LogP contribution in [0.2, 0.25) is 0 Å². The molecule has 0 spiro atoms. The molecule has 0 aliphatic carbocycles. The molecular weight excluding hydrogens is 264 g/mol. The standard InChI is InChI=1S/C13H22N4O.ClH/c1-9(2)4-3-6-15-13(18)12-10-8-14-7-5-11(10)16-17-12;/h9,14H,3-8H2,1-2H3,(H,15,18)(H,16,17);1H. The number of amides is 1. The second kappa shape index (κ2) is 7.50. The lowest BCUT2D eigenvalue weighted by Crippen LogP contribution is -2.29. The van der Waals surface area contributed by atoms with Crippen molar-refractivity contribution in [1.82, 2.24) is 20.8 Å². The van der Waals surface area contributed by atoms with E-state index in [2.05, 4.69) is 34.7 Å². The fourth-order valence-corrected chi connectivity index (χ4v) is 2.21. The van der Waals surface area contributed by atoms with Crippen molar-refractivity contribution in [2.24, 2.45) is 5.92 Å². The largest absolute Gasteiger partial charge is 0.351 e. The number of aromatic amines is 1. The van der Waals surface area contributed by atoms with Gasteiger partial charge in [-0.05, 0) is 18.8 Å². The number of nitrogens with one attached hydrogen (secondary N) is 3. The molecule has 1 aromatic rings. The Balaban J connectivity index is 0.00000180. The van der Waals surface area contributed by atoms with Gasteiger partial charge in [-0.15, -0.1) is 12.4 Å². The molecule has 0 atom stereocenters. The molecule has 0 saturated carbocycles. The van der Waals surface area contributed by atoms with Gasteiger partial charge in [0.1, 0.15) is 0 Å². The van der Waals surface area contributed by atoms with Gasteiger partial charge in [-0.3, -0.25) is 9.89 Å². The van der Waals surface area contributed by atoms with Gasteiger partial charge in [0.15, 0.2) is 5.69 Å². The third kappa shape index (κ3) is 4.21. The number of hydrogen-bond acceptors (Lipinski definition) is 3. The Bertz CT molecular complexity index is 417. The number of rotatable bonds is 5. The van der Waals surface area contributed by atoms with Crippen LogP contribution in [0.4, 0.5) is 0 Å². The van der Waals surface area contributed by atoms with Crippen LogP contribution < -0.4 is 10.6 Å². The van der Waals surface area contributed by atoms with E-state index in [1.807, 2.05) is 0 Å². The Morgan fingerprint density at radius 1 is 1.47 bits per heavy atom. The van der Waals surface area contributed by atoms with E-state index in [0.29, 0.717) is 11.6 Å². The van der Waals surface area contributed by atoms with Crippen LogP contribution in [0.25, 0.3) is 0 Å². The summed E-state index contributed by atoms with van der Waals surface area (Å²) in [4.78, 5) is 12.0. The van der Waals surface area contributed by atoms with E-state index in [4.69, 9.17) is 0 Å². The summed E-state index contributed by atoms with van der Waals surface area (Å²) in [6.07, 6.45) is 3.08. The van der Waals surface area contributed by atoms with E-state index in [-0.39, 0.29) is 18.3 Å². The molecular formula is C13H23ClN4O. The van der Waals surface area contributed by atoms with Gasteiger partial charge in [-0.1, -0.05) is 13.8 Å². The van der Waals surface area contributed by atoms with E-state index in [0.717, 1.165) is 50.2 Å². The minimum absolute atomic E-state index is 0.